The fourth-order valence-electron chi connectivity index (χ4n) is 3.86. The smallest absolute Gasteiger partial charge is 0.447 e. The van der Waals surface area contributed by atoms with Crippen LogP contribution in [0.1, 0.15) is 13.8 Å². The average molecular weight is 513 g/mol. The first kappa shape index (κ1) is 24.1. The van der Waals surface area contributed by atoms with E-state index in [0.717, 1.165) is 23.8 Å². The number of hydrogen-bond donors (Lipinski definition) is 1. The van der Waals surface area contributed by atoms with E-state index in [0.29, 0.717) is 23.9 Å². The molecule has 2 atom stereocenters. The lowest BCUT2D eigenvalue weighted by atomic mass is 10.0. The Morgan fingerprint density at radius 1 is 1.22 bits per heavy atom. The van der Waals surface area contributed by atoms with Gasteiger partial charge in [0.05, 0.1) is 12.2 Å². The van der Waals surface area contributed by atoms with Crippen LogP contribution in [0.3, 0.4) is 0 Å². The lowest BCUT2D eigenvalue weighted by Gasteiger charge is -2.23. The molecule has 0 aliphatic carbocycles. The summed E-state index contributed by atoms with van der Waals surface area (Å²) in [5, 5.41) is 8.65. The second-order valence-electron chi connectivity index (χ2n) is 8.46. The lowest BCUT2D eigenvalue weighted by molar-refractivity contribution is 0.129. The summed E-state index contributed by atoms with van der Waals surface area (Å²) in [6.07, 6.45) is 4.48. The zero-order valence-electron chi connectivity index (χ0n) is 19.8. The van der Waals surface area contributed by atoms with E-state index in [9.17, 15) is 14.3 Å². The molecule has 1 fully saturated rings. The van der Waals surface area contributed by atoms with Crippen molar-refractivity contribution in [3.8, 4) is 22.5 Å². The number of nitrogens with zero attached hydrogens (tertiary/aromatic N) is 7. The third-order valence-electron chi connectivity index (χ3n) is 5.85. The molecule has 3 aromatic heterocycles. The van der Waals surface area contributed by atoms with Crippen molar-refractivity contribution in [2.45, 2.75) is 26.6 Å². The van der Waals surface area contributed by atoms with Gasteiger partial charge < -0.3 is 9.63 Å². The maximum Gasteiger partial charge on any atom is 0.473 e. The summed E-state index contributed by atoms with van der Waals surface area (Å²) >= 11 is 0. The number of aromatic nitrogens is 6. The number of carbonyl (C=O) groups excluding carboxylic acids is 1. The Balaban J connectivity index is 1.39. The minimum Gasteiger partial charge on any atom is -0.447 e. The molecule has 1 unspecified atom stereocenters. The second kappa shape index (κ2) is 9.43. The van der Waals surface area contributed by atoms with E-state index < -0.39 is 13.9 Å². The highest BCUT2D eigenvalue weighted by molar-refractivity contribution is 7.47. The first-order chi connectivity index (χ1) is 17.3. The molecule has 4 heterocycles. The number of cyclic esters (lactones) is 1. The molecule has 1 amide bonds. The summed E-state index contributed by atoms with van der Waals surface area (Å²) in [5.41, 5.74) is 3.00. The van der Waals surface area contributed by atoms with Crippen molar-refractivity contribution >= 4 is 25.4 Å². The second-order valence-corrected chi connectivity index (χ2v) is 10.0. The largest absolute Gasteiger partial charge is 0.473 e. The monoisotopic (exact) mass is 513 g/mol. The van der Waals surface area contributed by atoms with E-state index in [1.807, 2.05) is 38.1 Å². The third kappa shape index (κ3) is 4.61. The number of phosphoric ester groups is 1. The summed E-state index contributed by atoms with van der Waals surface area (Å²) in [6.45, 7) is 4.13. The van der Waals surface area contributed by atoms with Gasteiger partial charge in [-0.2, -0.15) is 5.10 Å². The number of phosphoric acid groups is 1. The lowest BCUT2D eigenvalue weighted by Crippen LogP contribution is -2.37. The maximum absolute atomic E-state index is 12.4. The van der Waals surface area contributed by atoms with Crippen LogP contribution in [0.5, 0.6) is 0 Å². The summed E-state index contributed by atoms with van der Waals surface area (Å²) in [6, 6.07) is 9.15. The van der Waals surface area contributed by atoms with Crippen molar-refractivity contribution < 1.29 is 28.0 Å². The summed E-state index contributed by atoms with van der Waals surface area (Å²) in [5.74, 6) is 1.14. The van der Waals surface area contributed by atoms with Gasteiger partial charge in [0.25, 0.3) is 0 Å². The van der Waals surface area contributed by atoms with Gasteiger partial charge in [0.15, 0.2) is 18.2 Å². The molecule has 0 bridgehead atoms. The zero-order chi connectivity index (χ0) is 25.4. The number of amides is 1. The van der Waals surface area contributed by atoms with Crippen LogP contribution in [0, 0.1) is 5.92 Å². The predicted molar refractivity (Wildman–Crippen MR) is 128 cm³/mol. The van der Waals surface area contributed by atoms with Crippen molar-refractivity contribution in [2.75, 3.05) is 18.6 Å². The van der Waals surface area contributed by atoms with E-state index in [1.165, 1.54) is 11.0 Å². The van der Waals surface area contributed by atoms with Gasteiger partial charge in [-0.15, -0.1) is 5.10 Å². The molecular formula is C22H24N7O6P. The molecule has 1 aromatic carbocycles. The molecule has 4 aromatic rings. The van der Waals surface area contributed by atoms with Crippen LogP contribution in [-0.2, 0) is 25.1 Å². The Morgan fingerprint density at radius 3 is 2.69 bits per heavy atom. The predicted octanol–water partition coefficient (Wildman–Crippen LogP) is 3.36. The van der Waals surface area contributed by atoms with Crippen LogP contribution in [0.4, 0.5) is 10.6 Å². The number of fused-ring (bicyclic) bond motifs is 1. The Hall–Kier alpha value is -3.64. The quantitative estimate of drug-likeness (QED) is 0.348. The third-order valence-corrected chi connectivity index (χ3v) is 6.75. The van der Waals surface area contributed by atoms with Crippen molar-refractivity contribution in [1.29, 1.82) is 0 Å². The Bertz CT molecular complexity index is 1450. The highest BCUT2D eigenvalue weighted by atomic mass is 31.2. The first-order valence-electron chi connectivity index (χ1n) is 11.1. The number of ether oxygens (including phenoxy) is 1. The first-order valence-corrected chi connectivity index (χ1v) is 12.6. The number of hydrogen-bond acceptors (Lipinski definition) is 9. The van der Waals surface area contributed by atoms with Crippen LogP contribution in [0.15, 0.2) is 49.1 Å². The van der Waals surface area contributed by atoms with Gasteiger partial charge in [0.2, 0.25) is 0 Å². The van der Waals surface area contributed by atoms with Gasteiger partial charge in [0, 0.05) is 24.4 Å². The van der Waals surface area contributed by atoms with E-state index in [1.54, 1.807) is 27.9 Å². The fraction of sp³-hybridized carbons (Fsp3) is 0.318. The van der Waals surface area contributed by atoms with Crippen LogP contribution in [-0.4, -0.2) is 60.1 Å². The Labute approximate surface area is 205 Å². The molecular weight excluding hydrogens is 489 g/mol. The van der Waals surface area contributed by atoms with Gasteiger partial charge in [-0.1, -0.05) is 38.1 Å². The highest BCUT2D eigenvalue weighted by Crippen LogP contribution is 2.42. The molecule has 14 heteroatoms. The number of anilines is 1. The van der Waals surface area contributed by atoms with E-state index >= 15 is 0 Å². The van der Waals surface area contributed by atoms with Crippen LogP contribution in [0.25, 0.3) is 28.2 Å². The number of benzene rings is 1. The summed E-state index contributed by atoms with van der Waals surface area (Å²) < 4.78 is 28.8. The van der Waals surface area contributed by atoms with Gasteiger partial charge in [-0.25, -0.2) is 28.5 Å². The van der Waals surface area contributed by atoms with Crippen LogP contribution >= 0.6 is 7.82 Å². The van der Waals surface area contributed by atoms with Gasteiger partial charge in [-0.05, 0) is 17.5 Å². The average Bonchev–Trinajstić information content (AvgIpc) is 3.61. The molecule has 0 saturated carbocycles. The van der Waals surface area contributed by atoms with E-state index in [2.05, 4.69) is 19.7 Å². The van der Waals surface area contributed by atoms with E-state index in [4.69, 9.17) is 14.2 Å². The summed E-state index contributed by atoms with van der Waals surface area (Å²) in [4.78, 5) is 32.3. The molecule has 188 valence electrons. The Kier molecular flexibility index (Phi) is 6.31. The highest BCUT2D eigenvalue weighted by Gasteiger charge is 2.37. The minimum absolute atomic E-state index is 0.0883. The Morgan fingerprint density at radius 2 is 1.97 bits per heavy atom. The fourth-order valence-corrected chi connectivity index (χ4v) is 4.23. The molecule has 13 nitrogen and oxygen atoms in total. The standard InChI is InChI=1S/C22H24N7O6P/c1-14(2)18-11-34-22(30)29(18)19-8-9-28-21(25-19)17(10-24-28)15-4-6-16(7-5-15)20-23-12-27(26-20)13-35-36(31,32)33-3/h4-10,12,14,18H,11,13H2,1-3H3,(H,31,32)/t18-/m1/s1. The topological polar surface area (TPSA) is 146 Å². The molecule has 1 aliphatic heterocycles. The normalized spacial score (nSPS) is 17.6. The number of rotatable bonds is 8. The van der Waals surface area contributed by atoms with Crippen molar-refractivity contribution in [2.24, 2.45) is 5.92 Å². The van der Waals surface area contributed by atoms with Gasteiger partial charge in [0.1, 0.15) is 18.8 Å². The van der Waals surface area contributed by atoms with Gasteiger partial charge >= 0.3 is 13.9 Å². The molecule has 36 heavy (non-hydrogen) atoms. The SMILES string of the molecule is COP(=O)(O)OCn1cnc(-c2ccc(-c3cnn4ccc(N5C(=O)OC[C@@H]5C(C)C)nc34)cc2)n1. The molecule has 1 N–H and O–H groups in total. The summed E-state index contributed by atoms with van der Waals surface area (Å²) in [7, 11) is -3.03. The minimum atomic E-state index is -4.11. The van der Waals surface area contributed by atoms with Crippen molar-refractivity contribution in [3.63, 3.8) is 0 Å². The molecule has 1 aliphatic rings. The zero-order valence-corrected chi connectivity index (χ0v) is 20.6. The molecule has 0 radical (unpaired) electrons. The number of carbonyl (C=O) groups is 1. The molecule has 1 saturated heterocycles. The molecule has 0 spiro atoms. The van der Waals surface area contributed by atoms with Crippen molar-refractivity contribution in [3.05, 3.63) is 49.1 Å². The maximum atomic E-state index is 12.4. The van der Waals surface area contributed by atoms with Crippen LogP contribution < -0.4 is 4.90 Å². The van der Waals surface area contributed by atoms with E-state index in [-0.39, 0.29) is 18.7 Å². The van der Waals surface area contributed by atoms with Crippen LogP contribution in [0.2, 0.25) is 0 Å². The van der Waals surface area contributed by atoms with Crippen molar-refractivity contribution in [1.82, 2.24) is 29.4 Å². The van der Waals surface area contributed by atoms with Gasteiger partial charge in [-0.3, -0.25) is 13.9 Å². The molecule has 5 rings (SSSR count).